The Balaban J connectivity index is 1.65. The molecule has 0 nitrogen and oxygen atoms in total. The number of rotatable bonds is 2. The Morgan fingerprint density at radius 2 is 1.07 bits per heavy atom. The normalized spacial score (nSPS) is 13.2. The Bertz CT molecular complexity index is 1690. The summed E-state index contributed by atoms with van der Waals surface area (Å²) in [4.78, 5) is 0. The van der Waals surface area contributed by atoms with Crippen LogP contribution in [0.5, 0.6) is 0 Å². The summed E-state index contributed by atoms with van der Waals surface area (Å²) in [5.74, 6) is 0. The number of hydrogen-bond donors (Lipinski definition) is 0. The zero-order valence-corrected chi connectivity index (χ0v) is 17.1. The molecule has 7 rings (SSSR count). The molecule has 0 fully saturated rings. The van der Waals surface area contributed by atoms with Crippen LogP contribution in [0.15, 0.2) is 78.9 Å². The molecule has 0 aliphatic heterocycles. The fourth-order valence-electron chi connectivity index (χ4n) is 5.49. The first-order chi connectivity index (χ1) is 14.7. The van der Waals surface area contributed by atoms with Gasteiger partial charge in [0.2, 0.25) is 0 Å². The lowest BCUT2D eigenvalue weighted by Gasteiger charge is -2.12. The highest BCUT2D eigenvalue weighted by Crippen LogP contribution is 2.49. The predicted octanol–water partition coefficient (Wildman–Crippen LogP) is 8.63. The van der Waals surface area contributed by atoms with Gasteiger partial charge in [-0.25, -0.2) is 0 Å². The van der Waals surface area contributed by atoms with Crippen LogP contribution in [0.2, 0.25) is 0 Å². The predicted molar refractivity (Wildman–Crippen MR) is 132 cm³/mol. The van der Waals surface area contributed by atoms with E-state index in [2.05, 4.69) is 98.8 Å². The summed E-state index contributed by atoms with van der Waals surface area (Å²) in [5, 5.41) is 13.9. The van der Waals surface area contributed by atoms with E-state index in [4.69, 9.17) is 0 Å². The molecular weight excluding hydrogens is 360 g/mol. The summed E-state index contributed by atoms with van der Waals surface area (Å²) >= 11 is 0. The van der Waals surface area contributed by atoms with Crippen LogP contribution in [0.3, 0.4) is 0 Å². The summed E-state index contributed by atoms with van der Waals surface area (Å²) in [6.45, 7) is 4.38. The minimum Gasteiger partial charge on any atom is -0.0587 e. The van der Waals surface area contributed by atoms with Crippen LogP contribution in [0.25, 0.3) is 65.5 Å². The zero-order chi connectivity index (χ0) is 20.0. The molecule has 140 valence electrons. The van der Waals surface area contributed by atoms with Crippen molar-refractivity contribution in [3.05, 3.63) is 95.6 Å². The molecule has 0 N–H and O–H groups in total. The Kier molecular flexibility index (Phi) is 2.96. The van der Waals surface area contributed by atoms with Crippen molar-refractivity contribution in [2.45, 2.75) is 13.8 Å². The minimum absolute atomic E-state index is 1.25. The van der Waals surface area contributed by atoms with Crippen molar-refractivity contribution in [2.24, 2.45) is 0 Å². The minimum atomic E-state index is 1.25. The Labute approximate surface area is 175 Å². The summed E-state index contributed by atoms with van der Waals surface area (Å²) in [7, 11) is 0. The lowest BCUT2D eigenvalue weighted by Crippen LogP contribution is -1.87. The SMILES string of the molecule is C/C(=C\c1ccc(C)cc1)c1cc2ccc3ccc4ccc5ccc1c1c5c4c3c21. The third-order valence-electron chi connectivity index (χ3n) is 6.91. The molecule has 0 unspecified atom stereocenters. The maximum absolute atomic E-state index is 2.40. The summed E-state index contributed by atoms with van der Waals surface area (Å²) in [5.41, 5.74) is 5.19. The zero-order valence-electron chi connectivity index (χ0n) is 17.1. The Morgan fingerprint density at radius 1 is 0.567 bits per heavy atom. The molecule has 0 saturated carbocycles. The van der Waals surface area contributed by atoms with Crippen molar-refractivity contribution < 1.29 is 0 Å². The van der Waals surface area contributed by atoms with Crippen LogP contribution in [0, 0.1) is 6.92 Å². The average Bonchev–Trinajstić information content (AvgIpc) is 3.14. The monoisotopic (exact) mass is 380 g/mol. The molecule has 0 spiro atoms. The third-order valence-corrected chi connectivity index (χ3v) is 6.91. The van der Waals surface area contributed by atoms with Gasteiger partial charge in [-0.15, -0.1) is 0 Å². The van der Waals surface area contributed by atoms with E-state index in [-0.39, 0.29) is 0 Å². The molecule has 0 heterocycles. The van der Waals surface area contributed by atoms with E-state index in [9.17, 15) is 0 Å². The second-order valence-corrected chi connectivity index (χ2v) is 8.74. The van der Waals surface area contributed by atoms with Gasteiger partial charge in [-0.2, -0.15) is 0 Å². The second kappa shape index (κ2) is 5.49. The van der Waals surface area contributed by atoms with Crippen molar-refractivity contribution in [1.82, 2.24) is 0 Å². The summed E-state index contributed by atoms with van der Waals surface area (Å²) < 4.78 is 0. The van der Waals surface area contributed by atoms with Crippen LogP contribution in [0.1, 0.15) is 23.6 Å². The largest absolute Gasteiger partial charge is 0.0587 e. The smallest absolute Gasteiger partial charge is 0.000775 e. The van der Waals surface area contributed by atoms with Gasteiger partial charge in [-0.1, -0.05) is 84.4 Å². The second-order valence-electron chi connectivity index (χ2n) is 8.74. The maximum Gasteiger partial charge on any atom is -0.000775 e. The summed E-state index contributed by atoms with van der Waals surface area (Å²) in [6, 6.07) is 29.5. The first-order valence-electron chi connectivity index (χ1n) is 10.6. The molecule has 0 aliphatic rings. The highest BCUT2D eigenvalue weighted by Gasteiger charge is 2.21. The van der Waals surface area contributed by atoms with E-state index in [1.807, 2.05) is 0 Å². The fraction of sp³-hybridized carbons (Fsp3) is 0.0667. The van der Waals surface area contributed by atoms with Gasteiger partial charge < -0.3 is 0 Å². The molecule has 0 radical (unpaired) electrons. The number of hydrogen-bond acceptors (Lipinski definition) is 0. The van der Waals surface area contributed by atoms with Gasteiger partial charge in [-0.05, 0) is 90.5 Å². The van der Waals surface area contributed by atoms with E-state index in [0.717, 1.165) is 0 Å². The van der Waals surface area contributed by atoms with Gasteiger partial charge in [0, 0.05) is 0 Å². The van der Waals surface area contributed by atoms with Crippen LogP contribution < -0.4 is 0 Å². The van der Waals surface area contributed by atoms with Crippen LogP contribution in [0.4, 0.5) is 0 Å². The molecule has 0 bridgehead atoms. The van der Waals surface area contributed by atoms with E-state index in [1.165, 1.54) is 76.1 Å². The van der Waals surface area contributed by atoms with E-state index in [1.54, 1.807) is 0 Å². The lowest BCUT2D eigenvalue weighted by molar-refractivity contribution is 1.46. The first kappa shape index (κ1) is 16.2. The highest BCUT2D eigenvalue weighted by molar-refractivity contribution is 6.44. The Morgan fingerprint density at radius 3 is 1.70 bits per heavy atom. The standard InChI is InChI=1S/C30H20/c1-17-3-5-19(6-4-17)15-18(2)25-16-23-12-11-21-8-7-20-9-10-22-13-14-24(25)30-28(22)26(20)27(21)29(23)30/h3-16H,1-2H3/b18-15+. The Hall–Kier alpha value is -3.64. The molecule has 0 aliphatic carbocycles. The lowest BCUT2D eigenvalue weighted by atomic mass is 9.92. The van der Waals surface area contributed by atoms with Gasteiger partial charge in [0.1, 0.15) is 0 Å². The van der Waals surface area contributed by atoms with Crippen molar-refractivity contribution in [3.63, 3.8) is 0 Å². The van der Waals surface area contributed by atoms with Gasteiger partial charge >= 0.3 is 0 Å². The molecule has 0 aromatic heterocycles. The fourth-order valence-corrected chi connectivity index (χ4v) is 5.49. The van der Waals surface area contributed by atoms with Crippen molar-refractivity contribution >= 4 is 65.5 Å². The quantitative estimate of drug-likeness (QED) is 0.208. The average molecular weight is 380 g/mol. The first-order valence-corrected chi connectivity index (χ1v) is 10.6. The number of aryl methyl sites for hydroxylation is 1. The van der Waals surface area contributed by atoms with E-state index in [0.29, 0.717) is 0 Å². The molecule has 7 aromatic rings. The third kappa shape index (κ3) is 1.96. The van der Waals surface area contributed by atoms with Crippen molar-refractivity contribution in [2.75, 3.05) is 0 Å². The van der Waals surface area contributed by atoms with Crippen molar-refractivity contribution in [1.29, 1.82) is 0 Å². The topological polar surface area (TPSA) is 0 Å². The maximum atomic E-state index is 2.40. The molecule has 0 saturated heterocycles. The number of allylic oxidation sites excluding steroid dienone is 1. The van der Waals surface area contributed by atoms with Crippen LogP contribution in [-0.4, -0.2) is 0 Å². The van der Waals surface area contributed by atoms with Gasteiger partial charge in [0.15, 0.2) is 0 Å². The van der Waals surface area contributed by atoms with Gasteiger partial charge in [-0.3, -0.25) is 0 Å². The highest BCUT2D eigenvalue weighted by atomic mass is 14.2. The van der Waals surface area contributed by atoms with Gasteiger partial charge in [0.05, 0.1) is 0 Å². The van der Waals surface area contributed by atoms with Crippen LogP contribution >= 0.6 is 0 Å². The van der Waals surface area contributed by atoms with Crippen molar-refractivity contribution in [3.8, 4) is 0 Å². The molecule has 0 amide bonds. The van der Waals surface area contributed by atoms with E-state index < -0.39 is 0 Å². The molecule has 30 heavy (non-hydrogen) atoms. The van der Waals surface area contributed by atoms with E-state index >= 15 is 0 Å². The number of benzene rings is 6. The molecule has 7 aromatic carbocycles. The van der Waals surface area contributed by atoms with Crippen LogP contribution in [-0.2, 0) is 0 Å². The van der Waals surface area contributed by atoms with Gasteiger partial charge in [0.25, 0.3) is 0 Å². The molecule has 0 atom stereocenters. The molecular formula is C30H20. The molecule has 0 heteroatoms. The summed E-state index contributed by atoms with van der Waals surface area (Å²) in [6.07, 6.45) is 2.31.